The predicted octanol–water partition coefficient (Wildman–Crippen LogP) is 6.09. The Hall–Kier alpha value is -2.82. The van der Waals surface area contributed by atoms with E-state index in [2.05, 4.69) is 5.32 Å². The first-order valence-corrected chi connectivity index (χ1v) is 12.2. The van der Waals surface area contributed by atoms with E-state index in [1.807, 2.05) is 80.6 Å². The maximum Gasteiger partial charge on any atom is 0.243 e. The summed E-state index contributed by atoms with van der Waals surface area (Å²) in [6.07, 6.45) is 1.28. The van der Waals surface area contributed by atoms with E-state index in [9.17, 15) is 9.59 Å². The van der Waals surface area contributed by atoms with Gasteiger partial charge in [-0.25, -0.2) is 0 Å². The van der Waals surface area contributed by atoms with Crippen LogP contribution in [0.3, 0.4) is 0 Å². The molecule has 0 unspecified atom stereocenters. The maximum atomic E-state index is 13.6. The molecule has 0 aliphatic heterocycles. The number of amides is 2. The van der Waals surface area contributed by atoms with Gasteiger partial charge in [0.1, 0.15) is 6.04 Å². The molecule has 178 valence electrons. The SMILES string of the molecule is CC(C)NC(=O)[C@H](Cc1ccccc1)N(Cc1ccc(Cl)cc1Cl)C(=O)CCc1ccccc1. The van der Waals surface area contributed by atoms with E-state index in [1.54, 1.807) is 17.0 Å². The minimum absolute atomic E-state index is 0.0498. The molecule has 4 nitrogen and oxygen atoms in total. The third-order valence-electron chi connectivity index (χ3n) is 5.53. The quantitative estimate of drug-likeness (QED) is 0.369. The predicted molar refractivity (Wildman–Crippen MR) is 139 cm³/mol. The second-order valence-electron chi connectivity index (χ2n) is 8.61. The van der Waals surface area contributed by atoms with Crippen molar-refractivity contribution in [2.75, 3.05) is 0 Å². The summed E-state index contributed by atoms with van der Waals surface area (Å²) < 4.78 is 0. The molecule has 0 heterocycles. The fraction of sp³-hybridized carbons (Fsp3) is 0.286. The molecule has 3 aromatic carbocycles. The van der Waals surface area contributed by atoms with Crippen LogP contribution < -0.4 is 5.32 Å². The molecule has 0 spiro atoms. The number of nitrogens with zero attached hydrogens (tertiary/aromatic N) is 1. The summed E-state index contributed by atoms with van der Waals surface area (Å²) in [5.74, 6) is -0.285. The van der Waals surface area contributed by atoms with E-state index in [-0.39, 0.29) is 30.8 Å². The highest BCUT2D eigenvalue weighted by atomic mass is 35.5. The third-order valence-corrected chi connectivity index (χ3v) is 6.12. The maximum absolute atomic E-state index is 13.6. The number of carbonyl (C=O) groups excluding carboxylic acids is 2. The highest BCUT2D eigenvalue weighted by Gasteiger charge is 2.31. The van der Waals surface area contributed by atoms with E-state index < -0.39 is 6.04 Å². The van der Waals surface area contributed by atoms with Gasteiger partial charge in [-0.05, 0) is 49.1 Å². The molecule has 0 saturated carbocycles. The van der Waals surface area contributed by atoms with Crippen LogP contribution in [-0.2, 0) is 29.0 Å². The van der Waals surface area contributed by atoms with Crippen molar-refractivity contribution in [2.45, 2.75) is 51.7 Å². The van der Waals surface area contributed by atoms with Crippen LogP contribution in [0.5, 0.6) is 0 Å². The molecule has 3 rings (SSSR count). The summed E-state index contributed by atoms with van der Waals surface area (Å²) in [6.45, 7) is 4.04. The Balaban J connectivity index is 1.93. The zero-order valence-corrected chi connectivity index (χ0v) is 21.0. The minimum atomic E-state index is -0.681. The van der Waals surface area contributed by atoms with E-state index in [4.69, 9.17) is 23.2 Å². The van der Waals surface area contributed by atoms with Gasteiger partial charge < -0.3 is 10.2 Å². The minimum Gasteiger partial charge on any atom is -0.352 e. The van der Waals surface area contributed by atoms with Crippen molar-refractivity contribution in [2.24, 2.45) is 0 Å². The molecule has 0 radical (unpaired) electrons. The van der Waals surface area contributed by atoms with Crippen molar-refractivity contribution in [3.05, 3.63) is 106 Å². The summed E-state index contributed by atoms with van der Waals surface area (Å²) in [7, 11) is 0. The zero-order valence-electron chi connectivity index (χ0n) is 19.5. The van der Waals surface area contributed by atoms with Crippen LogP contribution in [0.1, 0.15) is 37.0 Å². The van der Waals surface area contributed by atoms with Gasteiger partial charge in [0.25, 0.3) is 0 Å². The number of benzene rings is 3. The van der Waals surface area contributed by atoms with Gasteiger partial charge in [-0.15, -0.1) is 0 Å². The normalized spacial score (nSPS) is 11.8. The number of hydrogen-bond acceptors (Lipinski definition) is 2. The number of halogens is 2. The van der Waals surface area contributed by atoms with Crippen LogP contribution in [0, 0.1) is 0 Å². The molecular formula is C28H30Cl2N2O2. The van der Waals surface area contributed by atoms with Gasteiger partial charge in [-0.2, -0.15) is 0 Å². The Bertz CT molecular complexity index is 1090. The lowest BCUT2D eigenvalue weighted by atomic mass is 10.0. The lowest BCUT2D eigenvalue weighted by Gasteiger charge is -2.32. The lowest BCUT2D eigenvalue weighted by Crippen LogP contribution is -2.51. The number of aryl methyl sites for hydroxylation is 1. The molecule has 6 heteroatoms. The second kappa shape index (κ2) is 12.6. The van der Waals surface area contributed by atoms with E-state index in [0.717, 1.165) is 16.7 Å². The van der Waals surface area contributed by atoms with Gasteiger partial charge in [-0.1, -0.05) is 89.9 Å². The van der Waals surface area contributed by atoms with Crippen molar-refractivity contribution in [1.29, 1.82) is 0 Å². The first kappa shape index (κ1) is 25.8. The van der Waals surface area contributed by atoms with Gasteiger partial charge in [0, 0.05) is 35.5 Å². The summed E-state index contributed by atoms with van der Waals surface area (Å²) in [5.41, 5.74) is 2.80. The Morgan fingerprint density at radius 1 is 0.882 bits per heavy atom. The second-order valence-corrected chi connectivity index (χ2v) is 9.46. The molecule has 1 N–H and O–H groups in total. The Morgan fingerprint density at radius 2 is 1.50 bits per heavy atom. The van der Waals surface area contributed by atoms with Gasteiger partial charge in [0.2, 0.25) is 11.8 Å². The van der Waals surface area contributed by atoms with Crippen molar-refractivity contribution < 1.29 is 9.59 Å². The molecular weight excluding hydrogens is 467 g/mol. The average Bonchev–Trinajstić information content (AvgIpc) is 2.82. The molecule has 0 bridgehead atoms. The van der Waals surface area contributed by atoms with E-state index in [1.165, 1.54) is 0 Å². The smallest absolute Gasteiger partial charge is 0.243 e. The molecule has 0 saturated heterocycles. The Morgan fingerprint density at radius 3 is 2.09 bits per heavy atom. The van der Waals surface area contributed by atoms with Crippen LogP contribution in [0.25, 0.3) is 0 Å². The molecule has 0 fully saturated rings. The van der Waals surface area contributed by atoms with Crippen molar-refractivity contribution in [3.8, 4) is 0 Å². The van der Waals surface area contributed by atoms with Crippen LogP contribution >= 0.6 is 23.2 Å². The largest absolute Gasteiger partial charge is 0.352 e. The van der Waals surface area contributed by atoms with Crippen LogP contribution in [0.4, 0.5) is 0 Å². The molecule has 2 amide bonds. The topological polar surface area (TPSA) is 49.4 Å². The Labute approximate surface area is 211 Å². The first-order valence-electron chi connectivity index (χ1n) is 11.4. The average molecular weight is 497 g/mol. The summed E-state index contributed by atoms with van der Waals surface area (Å²) in [4.78, 5) is 28.6. The molecule has 34 heavy (non-hydrogen) atoms. The lowest BCUT2D eigenvalue weighted by molar-refractivity contribution is -0.141. The fourth-order valence-electron chi connectivity index (χ4n) is 3.81. The zero-order chi connectivity index (χ0) is 24.5. The first-order chi connectivity index (χ1) is 16.3. The molecule has 0 aliphatic carbocycles. The summed E-state index contributed by atoms with van der Waals surface area (Å²) in [6, 6.07) is 24.1. The number of hydrogen-bond donors (Lipinski definition) is 1. The van der Waals surface area contributed by atoms with Crippen molar-refractivity contribution in [3.63, 3.8) is 0 Å². The van der Waals surface area contributed by atoms with Crippen LogP contribution in [0.2, 0.25) is 10.0 Å². The highest BCUT2D eigenvalue weighted by Crippen LogP contribution is 2.24. The summed E-state index contributed by atoms with van der Waals surface area (Å²) in [5, 5.41) is 3.99. The molecule has 0 aliphatic rings. The number of nitrogens with one attached hydrogen (secondary N) is 1. The molecule has 1 atom stereocenters. The molecule has 0 aromatic heterocycles. The third kappa shape index (κ3) is 7.61. The highest BCUT2D eigenvalue weighted by molar-refractivity contribution is 6.35. The number of rotatable bonds is 10. The van der Waals surface area contributed by atoms with E-state index in [0.29, 0.717) is 22.9 Å². The van der Waals surface area contributed by atoms with E-state index >= 15 is 0 Å². The number of carbonyl (C=O) groups is 2. The van der Waals surface area contributed by atoms with Gasteiger partial charge in [0.05, 0.1) is 0 Å². The fourth-order valence-corrected chi connectivity index (χ4v) is 4.28. The van der Waals surface area contributed by atoms with Crippen LogP contribution in [0.15, 0.2) is 78.9 Å². The summed E-state index contributed by atoms with van der Waals surface area (Å²) >= 11 is 12.5. The molecule has 3 aromatic rings. The van der Waals surface area contributed by atoms with Gasteiger partial charge in [0.15, 0.2) is 0 Å². The monoisotopic (exact) mass is 496 g/mol. The standard InChI is InChI=1S/C28H30Cl2N2O2/c1-20(2)31-28(34)26(17-22-11-7-4-8-12-22)32(19-23-14-15-24(29)18-25(23)30)27(33)16-13-21-9-5-3-6-10-21/h3-12,14-15,18,20,26H,13,16-17,19H2,1-2H3,(H,31,34)/t26-/m0/s1. The van der Waals surface area contributed by atoms with Crippen molar-refractivity contribution in [1.82, 2.24) is 10.2 Å². The Kier molecular flexibility index (Phi) is 9.55. The van der Waals surface area contributed by atoms with Gasteiger partial charge in [-0.3, -0.25) is 9.59 Å². The van der Waals surface area contributed by atoms with Crippen LogP contribution in [-0.4, -0.2) is 28.8 Å². The van der Waals surface area contributed by atoms with Gasteiger partial charge >= 0.3 is 0 Å². The van der Waals surface area contributed by atoms with Crippen molar-refractivity contribution >= 4 is 35.0 Å².